The molecule has 0 aromatic heterocycles. The Kier molecular flexibility index (Phi) is 6.87. The molecule has 2 heterocycles. The highest BCUT2D eigenvalue weighted by molar-refractivity contribution is 8.26. The number of ether oxygens (including phenoxy) is 2. The summed E-state index contributed by atoms with van der Waals surface area (Å²) in [4.78, 5) is 29.1. The lowest BCUT2D eigenvalue weighted by atomic mass is 10.1. The first-order chi connectivity index (χ1) is 16.4. The summed E-state index contributed by atoms with van der Waals surface area (Å²) in [7, 11) is 1.42. The molecule has 0 bridgehead atoms. The fraction of sp³-hybridized carbons (Fsp3) is 0.208. The van der Waals surface area contributed by atoms with Crippen molar-refractivity contribution in [1.82, 2.24) is 5.01 Å². The second-order valence-electron chi connectivity index (χ2n) is 7.42. The van der Waals surface area contributed by atoms with Gasteiger partial charge >= 0.3 is 5.97 Å². The molecular formula is C24H21FN4O4S. The Hall–Kier alpha value is -3.79. The first kappa shape index (κ1) is 23.4. The number of aliphatic imine (C=N–C) groups is 1. The van der Waals surface area contributed by atoms with Crippen molar-refractivity contribution < 1.29 is 23.5 Å². The number of thioether (sulfide) groups is 1. The maximum absolute atomic E-state index is 13.1. The Labute approximate surface area is 199 Å². The summed E-state index contributed by atoms with van der Waals surface area (Å²) in [6.07, 6.45) is 4.27. The van der Waals surface area contributed by atoms with Gasteiger partial charge in [-0.25, -0.2) is 9.18 Å². The molecule has 0 radical (unpaired) electrons. The molecule has 1 amide bonds. The first-order valence-electron chi connectivity index (χ1n) is 10.5. The number of hydrogen-bond acceptors (Lipinski definition) is 7. The van der Waals surface area contributed by atoms with Crippen LogP contribution in [-0.2, 0) is 4.79 Å². The smallest absolute Gasteiger partial charge is 0.343 e. The maximum Gasteiger partial charge on any atom is 0.343 e. The molecule has 0 fully saturated rings. The van der Waals surface area contributed by atoms with Crippen LogP contribution >= 0.6 is 11.8 Å². The molecule has 2 aliphatic heterocycles. The minimum atomic E-state index is -0.668. The summed E-state index contributed by atoms with van der Waals surface area (Å²) < 4.78 is 23.8. The third-order valence-electron chi connectivity index (χ3n) is 5.02. The van der Waals surface area contributed by atoms with Crippen molar-refractivity contribution >= 4 is 45.8 Å². The highest BCUT2D eigenvalue weighted by Crippen LogP contribution is 2.32. The molecule has 2 aliphatic rings. The number of rotatable bonds is 7. The molecule has 10 heteroatoms. The van der Waals surface area contributed by atoms with Gasteiger partial charge in [0.15, 0.2) is 17.3 Å². The number of fused-ring (bicyclic) bond motifs is 1. The number of amides is 1. The van der Waals surface area contributed by atoms with Gasteiger partial charge in [-0.3, -0.25) is 10.2 Å². The van der Waals surface area contributed by atoms with Crippen LogP contribution in [0.4, 0.5) is 4.39 Å². The van der Waals surface area contributed by atoms with Gasteiger partial charge in [0.2, 0.25) is 5.17 Å². The van der Waals surface area contributed by atoms with E-state index in [2.05, 4.69) is 17.0 Å². The molecule has 0 aliphatic carbocycles. The van der Waals surface area contributed by atoms with Crippen LogP contribution in [0.2, 0.25) is 0 Å². The number of hydrogen-bond donors (Lipinski definition) is 1. The molecule has 2 aromatic rings. The number of halogens is 1. The maximum atomic E-state index is 13.1. The zero-order chi connectivity index (χ0) is 24.2. The van der Waals surface area contributed by atoms with Crippen molar-refractivity contribution in [3.8, 4) is 11.5 Å². The lowest BCUT2D eigenvalue weighted by molar-refractivity contribution is -0.114. The van der Waals surface area contributed by atoms with Crippen molar-refractivity contribution in [2.24, 2.45) is 10.1 Å². The zero-order valence-corrected chi connectivity index (χ0v) is 19.3. The third-order valence-corrected chi connectivity index (χ3v) is 5.99. The van der Waals surface area contributed by atoms with Crippen LogP contribution in [-0.4, -0.2) is 40.0 Å². The van der Waals surface area contributed by atoms with E-state index in [9.17, 15) is 14.0 Å². The highest BCUT2D eigenvalue weighted by Gasteiger charge is 2.35. The van der Waals surface area contributed by atoms with Gasteiger partial charge in [0.1, 0.15) is 10.9 Å². The molecule has 4 rings (SSSR count). The number of methoxy groups -OCH3 is 1. The molecule has 0 unspecified atom stereocenters. The molecule has 2 aromatic carbocycles. The van der Waals surface area contributed by atoms with Crippen molar-refractivity contribution in [3.63, 3.8) is 0 Å². The SMILES string of the molecule is CCCCC1=NN2C(=N)C(=Cc3ccc(OC(=O)c4ccc(F)cc4)c(OC)c3)C(=O)N=C2S1. The average Bonchev–Trinajstić information content (AvgIpc) is 3.24. The third kappa shape index (κ3) is 4.91. The van der Waals surface area contributed by atoms with E-state index in [0.29, 0.717) is 10.7 Å². The second kappa shape index (κ2) is 10.0. The number of nitrogens with one attached hydrogen (secondary N) is 1. The van der Waals surface area contributed by atoms with Gasteiger partial charge in [0.25, 0.3) is 5.91 Å². The summed E-state index contributed by atoms with van der Waals surface area (Å²) in [5.74, 6) is -1.30. The molecule has 34 heavy (non-hydrogen) atoms. The average molecular weight is 481 g/mol. The number of hydrazone groups is 1. The van der Waals surface area contributed by atoms with Crippen LogP contribution in [0.3, 0.4) is 0 Å². The Morgan fingerprint density at radius 2 is 1.97 bits per heavy atom. The van der Waals surface area contributed by atoms with E-state index in [1.807, 2.05) is 0 Å². The molecule has 0 saturated carbocycles. The standard InChI is InChI=1S/C24H21FN4O4S/c1-3-4-5-20-28-29-21(26)17(22(30)27-24(29)34-20)12-14-6-11-18(19(13-14)32-2)33-23(31)15-7-9-16(25)10-8-15/h6-13,26H,3-5H2,1-2H3. The molecule has 0 saturated heterocycles. The molecule has 174 valence electrons. The minimum Gasteiger partial charge on any atom is -0.493 e. The quantitative estimate of drug-likeness (QED) is 0.345. The summed E-state index contributed by atoms with van der Waals surface area (Å²) >= 11 is 1.31. The van der Waals surface area contributed by atoms with Gasteiger partial charge < -0.3 is 9.47 Å². The van der Waals surface area contributed by atoms with E-state index < -0.39 is 17.7 Å². The minimum absolute atomic E-state index is 0.0558. The van der Waals surface area contributed by atoms with E-state index in [4.69, 9.17) is 14.9 Å². The number of esters is 1. The van der Waals surface area contributed by atoms with E-state index in [1.165, 1.54) is 60.3 Å². The lowest BCUT2D eigenvalue weighted by Gasteiger charge is -2.20. The second-order valence-corrected chi connectivity index (χ2v) is 8.46. The van der Waals surface area contributed by atoms with Crippen molar-refractivity contribution in [2.45, 2.75) is 26.2 Å². The Balaban J connectivity index is 1.55. The highest BCUT2D eigenvalue weighted by atomic mass is 32.2. The van der Waals surface area contributed by atoms with Crippen LogP contribution in [0.5, 0.6) is 11.5 Å². The van der Waals surface area contributed by atoms with Gasteiger partial charge in [-0.2, -0.15) is 15.1 Å². The Morgan fingerprint density at radius 3 is 2.68 bits per heavy atom. The van der Waals surface area contributed by atoms with Crippen molar-refractivity contribution in [3.05, 3.63) is 65.0 Å². The predicted molar refractivity (Wildman–Crippen MR) is 129 cm³/mol. The first-order valence-corrected chi connectivity index (χ1v) is 11.4. The monoisotopic (exact) mass is 480 g/mol. The van der Waals surface area contributed by atoms with Gasteiger partial charge in [0, 0.05) is 0 Å². The fourth-order valence-electron chi connectivity index (χ4n) is 3.23. The number of carbonyl (C=O) groups excluding carboxylic acids is 2. The van der Waals surface area contributed by atoms with Gasteiger partial charge in [-0.1, -0.05) is 19.4 Å². The van der Waals surface area contributed by atoms with E-state index in [-0.39, 0.29) is 28.5 Å². The number of amidine groups is 2. The Morgan fingerprint density at radius 1 is 1.21 bits per heavy atom. The van der Waals surface area contributed by atoms with Gasteiger partial charge in [0.05, 0.1) is 18.2 Å². The summed E-state index contributed by atoms with van der Waals surface area (Å²) in [5, 5.41) is 15.5. The largest absolute Gasteiger partial charge is 0.493 e. The number of unbranched alkanes of at least 4 members (excludes halogenated alkanes) is 1. The molecular weight excluding hydrogens is 459 g/mol. The van der Waals surface area contributed by atoms with E-state index in [1.54, 1.807) is 12.1 Å². The molecule has 8 nitrogen and oxygen atoms in total. The van der Waals surface area contributed by atoms with Crippen LogP contribution < -0.4 is 9.47 Å². The summed E-state index contributed by atoms with van der Waals surface area (Å²) in [5.41, 5.74) is 0.821. The van der Waals surface area contributed by atoms with E-state index in [0.717, 1.165) is 24.3 Å². The van der Waals surface area contributed by atoms with Crippen molar-refractivity contribution in [2.75, 3.05) is 7.11 Å². The van der Waals surface area contributed by atoms with Crippen LogP contribution in [0.1, 0.15) is 42.1 Å². The van der Waals surface area contributed by atoms with Gasteiger partial charge in [-0.05, 0) is 72.6 Å². The topological polar surface area (TPSA) is 104 Å². The lowest BCUT2D eigenvalue weighted by Crippen LogP contribution is -2.35. The predicted octanol–water partition coefficient (Wildman–Crippen LogP) is 4.86. The number of benzene rings is 2. The zero-order valence-electron chi connectivity index (χ0n) is 18.5. The van der Waals surface area contributed by atoms with Gasteiger partial charge in [-0.15, -0.1) is 0 Å². The molecule has 0 spiro atoms. The molecule has 0 atom stereocenters. The van der Waals surface area contributed by atoms with E-state index >= 15 is 0 Å². The van der Waals surface area contributed by atoms with Crippen LogP contribution in [0.15, 0.2) is 58.1 Å². The van der Waals surface area contributed by atoms with Crippen LogP contribution in [0.25, 0.3) is 6.08 Å². The number of nitrogens with zero attached hydrogens (tertiary/aromatic N) is 3. The normalized spacial score (nSPS) is 16.3. The molecule has 1 N–H and O–H groups in total. The fourth-order valence-corrected chi connectivity index (χ4v) is 4.16. The Bertz CT molecular complexity index is 1250. The van der Waals surface area contributed by atoms with Crippen molar-refractivity contribution in [1.29, 1.82) is 5.41 Å². The summed E-state index contributed by atoms with van der Waals surface area (Å²) in [6.45, 7) is 2.08. The van der Waals surface area contributed by atoms with Crippen LogP contribution in [0, 0.1) is 11.2 Å². The number of carbonyl (C=O) groups is 2. The summed E-state index contributed by atoms with van der Waals surface area (Å²) in [6, 6.07) is 9.71.